The third-order valence-electron chi connectivity index (χ3n) is 5.91. The first-order valence-corrected chi connectivity index (χ1v) is 11.7. The number of benzene rings is 2. The third-order valence-corrected chi connectivity index (χ3v) is 5.91. The van der Waals surface area contributed by atoms with Crippen molar-refractivity contribution in [2.24, 2.45) is 0 Å². The molecule has 2 rings (SSSR count). The Bertz CT molecular complexity index is 863. The molecular formula is C26H39F3N4. The van der Waals surface area contributed by atoms with Crippen LogP contribution in [0.5, 0.6) is 0 Å². The van der Waals surface area contributed by atoms with Gasteiger partial charge in [0, 0.05) is 26.2 Å². The molecule has 4 nitrogen and oxygen atoms in total. The molecule has 2 aromatic rings. The van der Waals surface area contributed by atoms with Gasteiger partial charge >= 0.3 is 0 Å². The van der Waals surface area contributed by atoms with Gasteiger partial charge in [-0.3, -0.25) is 0 Å². The second-order valence-electron chi connectivity index (χ2n) is 9.40. The van der Waals surface area contributed by atoms with Crippen LogP contribution in [0.15, 0.2) is 30.3 Å². The lowest BCUT2D eigenvalue weighted by Crippen LogP contribution is -2.27. The van der Waals surface area contributed by atoms with Gasteiger partial charge < -0.3 is 20.4 Å². The lowest BCUT2D eigenvalue weighted by Gasteiger charge is -2.21. The fourth-order valence-corrected chi connectivity index (χ4v) is 3.56. The summed E-state index contributed by atoms with van der Waals surface area (Å²) in [6.45, 7) is 9.33. The Morgan fingerprint density at radius 2 is 1.36 bits per heavy atom. The highest BCUT2D eigenvalue weighted by Gasteiger charge is 2.15. The van der Waals surface area contributed by atoms with Crippen molar-refractivity contribution in [3.63, 3.8) is 0 Å². The zero-order valence-corrected chi connectivity index (χ0v) is 20.8. The van der Waals surface area contributed by atoms with Crippen LogP contribution in [-0.2, 0) is 0 Å². The first-order chi connectivity index (χ1) is 15.6. The molecule has 0 amide bonds. The molecule has 1 atom stereocenters. The standard InChI is InChI=1S/C26H39F3N4/c1-18(2)20-7-8-25(22(27)15-20)30-11-14-33(6)12-9-19(3)21-16-23(28)26(24(29)17-21)31-10-13-32(4)5/h7-8,15-19,30-31H,9-14H2,1-6H3. The molecule has 0 heterocycles. The van der Waals surface area contributed by atoms with E-state index < -0.39 is 11.6 Å². The van der Waals surface area contributed by atoms with Gasteiger partial charge in [0.1, 0.15) is 23.1 Å². The van der Waals surface area contributed by atoms with Crippen LogP contribution in [0.25, 0.3) is 0 Å². The van der Waals surface area contributed by atoms with Gasteiger partial charge in [-0.05, 0) is 81.3 Å². The molecular weight excluding hydrogens is 425 g/mol. The predicted molar refractivity (Wildman–Crippen MR) is 133 cm³/mol. The van der Waals surface area contributed by atoms with Gasteiger partial charge in [0.15, 0.2) is 0 Å². The molecule has 0 spiro atoms. The van der Waals surface area contributed by atoms with Crippen LogP contribution in [0.4, 0.5) is 24.5 Å². The lowest BCUT2D eigenvalue weighted by molar-refractivity contribution is 0.332. The molecule has 0 saturated carbocycles. The molecule has 0 bridgehead atoms. The largest absolute Gasteiger partial charge is 0.381 e. The van der Waals surface area contributed by atoms with Gasteiger partial charge in [0.05, 0.1) is 5.69 Å². The number of likely N-dealkylation sites (N-methyl/N-ethyl adjacent to an activating group) is 2. The average molecular weight is 465 g/mol. The number of nitrogens with one attached hydrogen (secondary N) is 2. The normalized spacial score (nSPS) is 12.6. The van der Waals surface area contributed by atoms with Crippen molar-refractivity contribution < 1.29 is 13.2 Å². The molecule has 2 aromatic carbocycles. The summed E-state index contributed by atoms with van der Waals surface area (Å²) in [7, 11) is 5.81. The van der Waals surface area contributed by atoms with E-state index in [1.54, 1.807) is 12.1 Å². The molecule has 0 fully saturated rings. The maximum absolute atomic E-state index is 14.5. The molecule has 2 N–H and O–H groups in total. The number of halogens is 3. The highest BCUT2D eigenvalue weighted by molar-refractivity contribution is 5.49. The molecule has 0 aliphatic rings. The maximum Gasteiger partial charge on any atom is 0.149 e. The summed E-state index contributed by atoms with van der Waals surface area (Å²) in [4.78, 5) is 4.08. The molecule has 0 aromatic heterocycles. The van der Waals surface area contributed by atoms with Gasteiger partial charge in [-0.15, -0.1) is 0 Å². The van der Waals surface area contributed by atoms with E-state index >= 15 is 0 Å². The van der Waals surface area contributed by atoms with Gasteiger partial charge in [0.2, 0.25) is 0 Å². The number of nitrogens with zero attached hydrogens (tertiary/aromatic N) is 2. The number of anilines is 2. The SMILES string of the molecule is CC(C)c1ccc(NCCN(C)CCC(C)c2cc(F)c(NCCN(C)C)c(F)c2)c(F)c1. The van der Waals surface area contributed by atoms with Crippen molar-refractivity contribution in [1.82, 2.24) is 9.80 Å². The Labute approximate surface area is 197 Å². The summed E-state index contributed by atoms with van der Waals surface area (Å²) in [6.07, 6.45) is 0.764. The van der Waals surface area contributed by atoms with Crippen LogP contribution < -0.4 is 10.6 Å². The Kier molecular flexibility index (Phi) is 10.5. The van der Waals surface area contributed by atoms with Crippen LogP contribution in [0.2, 0.25) is 0 Å². The van der Waals surface area contributed by atoms with E-state index in [0.29, 0.717) is 36.8 Å². The summed E-state index contributed by atoms with van der Waals surface area (Å²) >= 11 is 0. The second-order valence-corrected chi connectivity index (χ2v) is 9.40. The van der Waals surface area contributed by atoms with Gasteiger partial charge in [-0.25, -0.2) is 13.2 Å². The van der Waals surface area contributed by atoms with Crippen molar-refractivity contribution in [1.29, 1.82) is 0 Å². The number of rotatable bonds is 13. The Hall–Kier alpha value is -2.25. The molecule has 1 unspecified atom stereocenters. The fraction of sp³-hybridized carbons (Fsp3) is 0.538. The van der Waals surface area contributed by atoms with Crippen LogP contribution >= 0.6 is 0 Å². The zero-order valence-electron chi connectivity index (χ0n) is 20.8. The highest BCUT2D eigenvalue weighted by Crippen LogP contribution is 2.27. The molecule has 7 heteroatoms. The first kappa shape index (κ1) is 27.0. The Morgan fingerprint density at radius 3 is 1.94 bits per heavy atom. The minimum Gasteiger partial charge on any atom is -0.381 e. The van der Waals surface area contributed by atoms with Crippen LogP contribution in [0, 0.1) is 17.5 Å². The van der Waals surface area contributed by atoms with E-state index in [1.807, 2.05) is 52.9 Å². The van der Waals surface area contributed by atoms with Crippen molar-refractivity contribution in [3.05, 3.63) is 58.9 Å². The van der Waals surface area contributed by atoms with Crippen molar-refractivity contribution >= 4 is 11.4 Å². The van der Waals surface area contributed by atoms with Gasteiger partial charge in [0.25, 0.3) is 0 Å². The Balaban J connectivity index is 1.81. The monoisotopic (exact) mass is 464 g/mol. The fourth-order valence-electron chi connectivity index (χ4n) is 3.56. The minimum atomic E-state index is -0.557. The number of hydrogen-bond acceptors (Lipinski definition) is 4. The third kappa shape index (κ3) is 8.55. The van der Waals surface area contributed by atoms with E-state index in [1.165, 1.54) is 12.1 Å². The zero-order chi connectivity index (χ0) is 24.5. The minimum absolute atomic E-state index is 0.0151. The van der Waals surface area contributed by atoms with Crippen LogP contribution in [-0.4, -0.2) is 63.7 Å². The first-order valence-electron chi connectivity index (χ1n) is 11.7. The summed E-state index contributed by atoms with van der Waals surface area (Å²) < 4.78 is 43.1. The van der Waals surface area contributed by atoms with Crippen molar-refractivity contribution in [2.45, 2.75) is 39.0 Å². The Morgan fingerprint density at radius 1 is 0.758 bits per heavy atom. The molecule has 33 heavy (non-hydrogen) atoms. The molecule has 0 radical (unpaired) electrons. The van der Waals surface area contributed by atoms with Crippen molar-refractivity contribution in [3.8, 4) is 0 Å². The molecule has 0 aliphatic heterocycles. The topological polar surface area (TPSA) is 30.5 Å². The van der Waals surface area contributed by atoms with E-state index in [0.717, 1.165) is 25.1 Å². The van der Waals surface area contributed by atoms with E-state index in [4.69, 9.17) is 0 Å². The second kappa shape index (κ2) is 12.8. The lowest BCUT2D eigenvalue weighted by atomic mass is 9.97. The summed E-state index contributed by atoms with van der Waals surface area (Å²) in [5.74, 6) is -1.04. The average Bonchev–Trinajstić information content (AvgIpc) is 2.74. The molecule has 184 valence electrons. The maximum atomic E-state index is 14.5. The predicted octanol–water partition coefficient (Wildman–Crippen LogP) is 5.74. The van der Waals surface area contributed by atoms with Gasteiger partial charge in [-0.2, -0.15) is 0 Å². The van der Waals surface area contributed by atoms with E-state index in [2.05, 4.69) is 15.5 Å². The van der Waals surface area contributed by atoms with Crippen LogP contribution in [0.3, 0.4) is 0 Å². The van der Waals surface area contributed by atoms with Crippen molar-refractivity contribution in [2.75, 3.05) is 64.5 Å². The molecule has 0 saturated heterocycles. The number of hydrogen-bond donors (Lipinski definition) is 2. The van der Waals surface area contributed by atoms with E-state index in [9.17, 15) is 13.2 Å². The molecule has 0 aliphatic carbocycles. The smallest absolute Gasteiger partial charge is 0.149 e. The van der Waals surface area contributed by atoms with Crippen LogP contribution in [0.1, 0.15) is 50.2 Å². The summed E-state index contributed by atoms with van der Waals surface area (Å²) in [6, 6.07) is 8.17. The summed E-state index contributed by atoms with van der Waals surface area (Å²) in [5, 5.41) is 5.99. The van der Waals surface area contributed by atoms with Gasteiger partial charge in [-0.1, -0.05) is 26.8 Å². The van der Waals surface area contributed by atoms with E-state index in [-0.39, 0.29) is 17.4 Å². The highest BCUT2D eigenvalue weighted by atomic mass is 19.1. The quantitative estimate of drug-likeness (QED) is 0.396. The summed E-state index contributed by atoms with van der Waals surface area (Å²) in [5.41, 5.74) is 2.08.